The number of hydrogen-bond acceptors (Lipinski definition) is 4. The van der Waals surface area contributed by atoms with E-state index in [4.69, 9.17) is 0 Å². The maximum absolute atomic E-state index is 13.2. The van der Waals surface area contributed by atoms with Crippen LogP contribution < -0.4 is 5.32 Å². The molecule has 1 N–H and O–H groups in total. The molecule has 0 bridgehead atoms. The van der Waals surface area contributed by atoms with Crippen LogP contribution in [0, 0.1) is 0 Å². The number of anilines is 1. The second kappa shape index (κ2) is 8.36. The first kappa shape index (κ1) is 18.4. The van der Waals surface area contributed by atoms with Gasteiger partial charge >= 0.3 is 0 Å². The Bertz CT molecular complexity index is 822. The van der Waals surface area contributed by atoms with E-state index in [1.807, 2.05) is 30.3 Å². The van der Waals surface area contributed by atoms with E-state index in [0.717, 1.165) is 54.9 Å². The number of benzene rings is 1. The average molecular weight is 383 g/mol. The molecule has 0 atom stereocenters. The number of thiophene rings is 1. The van der Waals surface area contributed by atoms with E-state index >= 15 is 0 Å². The predicted molar refractivity (Wildman–Crippen MR) is 110 cm³/mol. The molecule has 27 heavy (non-hydrogen) atoms. The van der Waals surface area contributed by atoms with Crippen molar-refractivity contribution < 1.29 is 9.59 Å². The Labute approximate surface area is 164 Å². The lowest BCUT2D eigenvalue weighted by Crippen LogP contribution is -2.36. The molecule has 1 aliphatic carbocycles. The van der Waals surface area contributed by atoms with Crippen LogP contribution >= 0.6 is 11.3 Å². The maximum atomic E-state index is 13.2. The number of piperidine rings is 1. The standard InChI is InChI=1S/C22H26N2O2S/c25-19(15-24-13-7-2-8-14-24)23-22-20(17-11-5-6-12-18(17)27-22)21(26)16-9-3-1-4-10-16/h1,3-4,9-10H,2,5-8,11-15H2,(H,23,25). The van der Waals surface area contributed by atoms with E-state index in [9.17, 15) is 9.59 Å². The van der Waals surface area contributed by atoms with Gasteiger partial charge in [-0.1, -0.05) is 36.8 Å². The summed E-state index contributed by atoms with van der Waals surface area (Å²) in [6, 6.07) is 9.41. The normalized spacial score (nSPS) is 17.3. The molecule has 1 aromatic heterocycles. The van der Waals surface area contributed by atoms with Crippen molar-refractivity contribution in [1.82, 2.24) is 4.90 Å². The quantitative estimate of drug-likeness (QED) is 0.785. The molecule has 2 aromatic rings. The lowest BCUT2D eigenvalue weighted by atomic mass is 9.92. The van der Waals surface area contributed by atoms with Crippen molar-refractivity contribution in [3.8, 4) is 0 Å². The molecule has 5 heteroatoms. The zero-order valence-electron chi connectivity index (χ0n) is 15.6. The van der Waals surface area contributed by atoms with Gasteiger partial charge < -0.3 is 5.32 Å². The summed E-state index contributed by atoms with van der Waals surface area (Å²) in [6.07, 6.45) is 7.80. The number of ketones is 1. The molecule has 1 amide bonds. The SMILES string of the molecule is O=C(CN1CCCCC1)Nc1sc2c(c1C(=O)c1ccccc1)CCCC2. The van der Waals surface area contributed by atoms with Crippen LogP contribution in [0.15, 0.2) is 30.3 Å². The van der Waals surface area contributed by atoms with Crippen molar-refractivity contribution in [2.75, 3.05) is 25.0 Å². The molecule has 142 valence electrons. The van der Waals surface area contributed by atoms with Gasteiger partial charge in [-0.3, -0.25) is 14.5 Å². The van der Waals surface area contributed by atoms with E-state index < -0.39 is 0 Å². The van der Waals surface area contributed by atoms with Gasteiger partial charge in [0.2, 0.25) is 5.91 Å². The Morgan fingerprint density at radius 2 is 1.70 bits per heavy atom. The van der Waals surface area contributed by atoms with Crippen molar-refractivity contribution in [2.24, 2.45) is 0 Å². The van der Waals surface area contributed by atoms with Crippen LogP contribution in [-0.4, -0.2) is 36.2 Å². The number of amides is 1. The third kappa shape index (κ3) is 4.14. The highest BCUT2D eigenvalue weighted by atomic mass is 32.1. The molecular weight excluding hydrogens is 356 g/mol. The number of carbonyl (C=O) groups excluding carboxylic acids is 2. The highest BCUT2D eigenvalue weighted by molar-refractivity contribution is 7.17. The van der Waals surface area contributed by atoms with Crippen molar-refractivity contribution >= 4 is 28.0 Å². The molecule has 2 heterocycles. The van der Waals surface area contributed by atoms with Crippen molar-refractivity contribution in [2.45, 2.75) is 44.9 Å². The molecule has 0 spiro atoms. The van der Waals surface area contributed by atoms with Gasteiger partial charge in [0, 0.05) is 10.4 Å². The van der Waals surface area contributed by atoms with Crippen LogP contribution in [-0.2, 0) is 17.6 Å². The Kier molecular flexibility index (Phi) is 5.69. The van der Waals surface area contributed by atoms with Gasteiger partial charge in [0.25, 0.3) is 0 Å². The van der Waals surface area contributed by atoms with Gasteiger partial charge in [0.1, 0.15) is 5.00 Å². The lowest BCUT2D eigenvalue weighted by Gasteiger charge is -2.25. The molecule has 2 aliphatic rings. The van der Waals surface area contributed by atoms with E-state index in [0.29, 0.717) is 12.1 Å². The summed E-state index contributed by atoms with van der Waals surface area (Å²) in [5.41, 5.74) is 2.58. The first-order valence-electron chi connectivity index (χ1n) is 9.99. The summed E-state index contributed by atoms with van der Waals surface area (Å²) in [5, 5.41) is 3.83. The third-order valence-corrected chi connectivity index (χ3v) is 6.71. The summed E-state index contributed by atoms with van der Waals surface area (Å²) in [7, 11) is 0. The number of fused-ring (bicyclic) bond motifs is 1. The van der Waals surface area contributed by atoms with E-state index in [2.05, 4.69) is 10.2 Å². The zero-order valence-corrected chi connectivity index (χ0v) is 16.4. The van der Waals surface area contributed by atoms with E-state index in [1.54, 1.807) is 11.3 Å². The molecule has 1 fully saturated rings. The second-order valence-electron chi connectivity index (χ2n) is 7.50. The van der Waals surface area contributed by atoms with Crippen molar-refractivity contribution in [3.05, 3.63) is 51.9 Å². The second-order valence-corrected chi connectivity index (χ2v) is 8.60. The summed E-state index contributed by atoms with van der Waals surface area (Å²) in [5.74, 6) is 0.0286. The van der Waals surface area contributed by atoms with Crippen LogP contribution in [0.5, 0.6) is 0 Å². The van der Waals surface area contributed by atoms with E-state index in [-0.39, 0.29) is 11.7 Å². The minimum Gasteiger partial charge on any atom is -0.316 e. The molecule has 0 saturated carbocycles. The summed E-state index contributed by atoms with van der Waals surface area (Å²) < 4.78 is 0. The number of likely N-dealkylation sites (tertiary alicyclic amines) is 1. The minimum absolute atomic E-state index is 0.00221. The Morgan fingerprint density at radius 3 is 2.48 bits per heavy atom. The number of aryl methyl sites for hydroxylation is 1. The van der Waals surface area contributed by atoms with Gasteiger partial charge in [-0.2, -0.15) is 0 Å². The molecule has 1 saturated heterocycles. The highest BCUT2D eigenvalue weighted by Gasteiger charge is 2.27. The molecular formula is C22H26N2O2S. The monoisotopic (exact) mass is 382 g/mol. The fourth-order valence-corrected chi connectivity index (χ4v) is 5.42. The number of rotatable bonds is 5. The predicted octanol–water partition coefficient (Wildman–Crippen LogP) is 4.28. The maximum Gasteiger partial charge on any atom is 0.239 e. The Hall–Kier alpha value is -1.98. The summed E-state index contributed by atoms with van der Waals surface area (Å²) in [4.78, 5) is 29.3. The first-order chi connectivity index (χ1) is 13.2. The average Bonchev–Trinajstić information content (AvgIpc) is 3.06. The van der Waals surface area contributed by atoms with E-state index in [1.165, 1.54) is 24.1 Å². The number of nitrogens with zero attached hydrogens (tertiary/aromatic N) is 1. The van der Waals surface area contributed by atoms with Gasteiger partial charge in [0.15, 0.2) is 5.78 Å². The van der Waals surface area contributed by atoms with Crippen LogP contribution in [0.3, 0.4) is 0 Å². The smallest absolute Gasteiger partial charge is 0.239 e. The van der Waals surface area contributed by atoms with Gasteiger partial charge in [-0.05, 0) is 57.2 Å². The van der Waals surface area contributed by atoms with Crippen molar-refractivity contribution in [3.63, 3.8) is 0 Å². The molecule has 4 rings (SSSR count). The van der Waals surface area contributed by atoms with Crippen LogP contribution in [0.25, 0.3) is 0 Å². The Morgan fingerprint density at radius 1 is 0.963 bits per heavy atom. The van der Waals surface area contributed by atoms with Crippen molar-refractivity contribution in [1.29, 1.82) is 0 Å². The largest absolute Gasteiger partial charge is 0.316 e. The Balaban J connectivity index is 1.59. The van der Waals surface area contributed by atoms with Crippen LogP contribution in [0.4, 0.5) is 5.00 Å². The van der Waals surface area contributed by atoms with Gasteiger partial charge in [-0.15, -0.1) is 11.3 Å². The number of carbonyl (C=O) groups is 2. The summed E-state index contributed by atoms with van der Waals surface area (Å²) in [6.45, 7) is 2.40. The topological polar surface area (TPSA) is 49.4 Å². The van der Waals surface area contributed by atoms with Gasteiger partial charge in [0.05, 0.1) is 12.1 Å². The fraction of sp³-hybridized carbons (Fsp3) is 0.455. The van der Waals surface area contributed by atoms with Crippen LogP contribution in [0.2, 0.25) is 0 Å². The molecule has 1 aromatic carbocycles. The third-order valence-electron chi connectivity index (χ3n) is 5.50. The first-order valence-corrected chi connectivity index (χ1v) is 10.8. The molecule has 1 aliphatic heterocycles. The summed E-state index contributed by atoms with van der Waals surface area (Å²) >= 11 is 1.60. The highest BCUT2D eigenvalue weighted by Crippen LogP contribution is 2.39. The molecule has 0 unspecified atom stereocenters. The molecule has 0 radical (unpaired) electrons. The van der Waals surface area contributed by atoms with Crippen LogP contribution in [0.1, 0.15) is 58.5 Å². The molecule has 4 nitrogen and oxygen atoms in total. The minimum atomic E-state index is -0.00221. The number of nitrogens with one attached hydrogen (secondary N) is 1. The zero-order chi connectivity index (χ0) is 18.6. The fourth-order valence-electron chi connectivity index (χ4n) is 4.11. The number of hydrogen-bond donors (Lipinski definition) is 1. The van der Waals surface area contributed by atoms with Gasteiger partial charge in [-0.25, -0.2) is 0 Å². The lowest BCUT2D eigenvalue weighted by molar-refractivity contribution is -0.117.